The number of hydrogen-bond acceptors (Lipinski definition) is 6. The zero-order chi connectivity index (χ0) is 13.0. The lowest BCUT2D eigenvalue weighted by atomic mass is 10.1. The molecule has 0 radical (unpaired) electrons. The second-order valence-electron chi connectivity index (χ2n) is 3.72. The predicted octanol–water partition coefficient (Wildman–Crippen LogP) is 1.34. The van der Waals surface area contributed by atoms with Crippen molar-refractivity contribution in [2.75, 3.05) is 26.7 Å². The second kappa shape index (κ2) is 5.61. The highest BCUT2D eigenvalue weighted by molar-refractivity contribution is 5.85. The number of hydrogen-bond donors (Lipinski definition) is 1. The molecule has 0 bridgehead atoms. The van der Waals surface area contributed by atoms with Crippen molar-refractivity contribution in [1.82, 2.24) is 9.97 Å². The van der Waals surface area contributed by atoms with Crippen LogP contribution in [-0.4, -0.2) is 31.0 Å². The number of nitrogen functional groups attached to an aromatic ring is 1. The lowest BCUT2D eigenvalue weighted by Crippen LogP contribution is -2.00. The topological polar surface area (TPSA) is 79.5 Å². The average molecular weight is 249 g/mol. The molecule has 18 heavy (non-hydrogen) atoms. The van der Waals surface area contributed by atoms with Crippen LogP contribution in [-0.2, 0) is 16.1 Å². The zero-order valence-electron chi connectivity index (χ0n) is 10.3. The van der Waals surface area contributed by atoms with Crippen molar-refractivity contribution in [3.8, 4) is 5.75 Å². The van der Waals surface area contributed by atoms with E-state index in [1.807, 2.05) is 12.1 Å². The Balaban J connectivity index is 2.36. The van der Waals surface area contributed by atoms with E-state index in [1.165, 1.54) is 0 Å². The van der Waals surface area contributed by atoms with Crippen molar-refractivity contribution >= 4 is 16.9 Å². The summed E-state index contributed by atoms with van der Waals surface area (Å²) in [5.74, 6) is 0.877. The molecule has 0 aliphatic rings. The third kappa shape index (κ3) is 2.66. The Morgan fingerprint density at radius 3 is 2.83 bits per heavy atom. The van der Waals surface area contributed by atoms with Gasteiger partial charge in [0.15, 0.2) is 0 Å². The highest BCUT2D eigenvalue weighted by Crippen LogP contribution is 2.26. The number of anilines is 1. The Morgan fingerprint density at radius 1 is 1.28 bits per heavy atom. The summed E-state index contributed by atoms with van der Waals surface area (Å²) in [5.41, 5.74) is 7.22. The molecule has 1 aromatic carbocycles. The lowest BCUT2D eigenvalue weighted by molar-refractivity contribution is -0.0390. The largest absolute Gasteiger partial charge is 0.494 e. The van der Waals surface area contributed by atoms with Crippen LogP contribution in [0.2, 0.25) is 0 Å². The van der Waals surface area contributed by atoms with Crippen LogP contribution < -0.4 is 10.5 Å². The molecular formula is C12H15N3O3. The molecule has 0 aliphatic heterocycles. The molecule has 1 heterocycles. The molecule has 0 saturated carbocycles. The molecule has 2 aromatic rings. The van der Waals surface area contributed by atoms with Crippen LogP contribution in [0.5, 0.6) is 5.75 Å². The fourth-order valence-corrected chi connectivity index (χ4v) is 1.67. The van der Waals surface area contributed by atoms with Gasteiger partial charge in [0.1, 0.15) is 18.1 Å². The third-order valence-electron chi connectivity index (χ3n) is 2.42. The highest BCUT2D eigenvalue weighted by Gasteiger charge is 2.07. The molecule has 6 heteroatoms. The van der Waals surface area contributed by atoms with Gasteiger partial charge in [0.2, 0.25) is 5.95 Å². The van der Waals surface area contributed by atoms with E-state index in [9.17, 15) is 0 Å². The standard InChI is InChI=1S/C12H15N3O3/c1-16-7-18-6-8-3-9-5-14-12(13)15-11(9)10(4-8)17-2/h3-5H,6-7H2,1-2H3,(H2,13,14,15). The van der Waals surface area contributed by atoms with Gasteiger partial charge in [0.25, 0.3) is 0 Å². The molecule has 0 aliphatic carbocycles. The van der Waals surface area contributed by atoms with Gasteiger partial charge in [-0.05, 0) is 17.7 Å². The first-order valence-corrected chi connectivity index (χ1v) is 5.40. The van der Waals surface area contributed by atoms with Gasteiger partial charge in [-0.2, -0.15) is 0 Å². The van der Waals surface area contributed by atoms with Gasteiger partial charge in [-0.3, -0.25) is 0 Å². The van der Waals surface area contributed by atoms with Crippen LogP contribution in [0.1, 0.15) is 5.56 Å². The molecular weight excluding hydrogens is 234 g/mol. The summed E-state index contributed by atoms with van der Waals surface area (Å²) in [5, 5.41) is 0.861. The Hall–Kier alpha value is -1.92. The minimum absolute atomic E-state index is 0.226. The fourth-order valence-electron chi connectivity index (χ4n) is 1.67. The smallest absolute Gasteiger partial charge is 0.220 e. The average Bonchev–Trinajstić information content (AvgIpc) is 2.38. The monoisotopic (exact) mass is 249 g/mol. The van der Waals surface area contributed by atoms with Crippen molar-refractivity contribution in [1.29, 1.82) is 0 Å². The molecule has 6 nitrogen and oxygen atoms in total. The summed E-state index contributed by atoms with van der Waals surface area (Å²) >= 11 is 0. The Bertz CT molecular complexity index is 545. The molecule has 1 aromatic heterocycles. The first-order valence-electron chi connectivity index (χ1n) is 5.40. The van der Waals surface area contributed by atoms with Crippen molar-refractivity contribution < 1.29 is 14.2 Å². The number of nitrogens with two attached hydrogens (primary N) is 1. The number of nitrogens with zero attached hydrogens (tertiary/aromatic N) is 2. The summed E-state index contributed by atoms with van der Waals surface area (Å²) < 4.78 is 15.4. The molecule has 0 amide bonds. The number of methoxy groups -OCH3 is 2. The van der Waals surface area contributed by atoms with Crippen molar-refractivity contribution in [2.45, 2.75) is 6.61 Å². The molecule has 0 spiro atoms. The molecule has 96 valence electrons. The van der Waals surface area contributed by atoms with Gasteiger partial charge in [0, 0.05) is 18.7 Å². The van der Waals surface area contributed by atoms with Crippen LogP contribution in [0.25, 0.3) is 10.9 Å². The SMILES string of the molecule is COCOCc1cc(OC)c2nc(N)ncc2c1. The minimum atomic E-state index is 0.226. The zero-order valence-corrected chi connectivity index (χ0v) is 10.3. The van der Waals surface area contributed by atoms with Gasteiger partial charge in [-0.25, -0.2) is 9.97 Å². The van der Waals surface area contributed by atoms with E-state index in [-0.39, 0.29) is 12.7 Å². The van der Waals surface area contributed by atoms with Gasteiger partial charge in [-0.1, -0.05) is 0 Å². The van der Waals surface area contributed by atoms with E-state index < -0.39 is 0 Å². The van der Waals surface area contributed by atoms with Crippen molar-refractivity contribution in [3.05, 3.63) is 23.9 Å². The molecule has 0 unspecified atom stereocenters. The maximum absolute atomic E-state index is 5.56. The summed E-state index contributed by atoms with van der Waals surface area (Å²) in [4.78, 5) is 8.13. The van der Waals surface area contributed by atoms with Crippen LogP contribution in [0.3, 0.4) is 0 Å². The molecule has 2 rings (SSSR count). The van der Waals surface area contributed by atoms with Crippen LogP contribution >= 0.6 is 0 Å². The van der Waals surface area contributed by atoms with Gasteiger partial charge in [0.05, 0.1) is 13.7 Å². The van der Waals surface area contributed by atoms with Crippen LogP contribution in [0.4, 0.5) is 5.95 Å². The highest BCUT2D eigenvalue weighted by atomic mass is 16.7. The van der Waals surface area contributed by atoms with Crippen LogP contribution in [0.15, 0.2) is 18.3 Å². The van der Waals surface area contributed by atoms with E-state index in [4.69, 9.17) is 19.9 Å². The third-order valence-corrected chi connectivity index (χ3v) is 2.42. The van der Waals surface area contributed by atoms with Gasteiger partial charge >= 0.3 is 0 Å². The predicted molar refractivity (Wildman–Crippen MR) is 67.2 cm³/mol. The van der Waals surface area contributed by atoms with E-state index in [2.05, 4.69) is 9.97 Å². The van der Waals surface area contributed by atoms with Gasteiger partial charge in [-0.15, -0.1) is 0 Å². The maximum Gasteiger partial charge on any atom is 0.220 e. The molecule has 2 N–H and O–H groups in total. The normalized spacial score (nSPS) is 10.8. The number of benzene rings is 1. The number of fused-ring (bicyclic) bond motifs is 1. The second-order valence-corrected chi connectivity index (χ2v) is 3.72. The van der Waals surface area contributed by atoms with E-state index >= 15 is 0 Å². The van der Waals surface area contributed by atoms with E-state index in [0.29, 0.717) is 17.9 Å². The summed E-state index contributed by atoms with van der Waals surface area (Å²) in [6, 6.07) is 3.80. The quantitative estimate of drug-likeness (QED) is 0.636. The van der Waals surface area contributed by atoms with E-state index in [1.54, 1.807) is 20.4 Å². The summed E-state index contributed by atoms with van der Waals surface area (Å²) in [6.07, 6.45) is 1.67. The Kier molecular flexibility index (Phi) is 3.91. The van der Waals surface area contributed by atoms with Gasteiger partial charge < -0.3 is 19.9 Å². The van der Waals surface area contributed by atoms with Crippen LogP contribution in [0, 0.1) is 0 Å². The molecule has 0 atom stereocenters. The maximum atomic E-state index is 5.56. The summed E-state index contributed by atoms with van der Waals surface area (Å²) in [6.45, 7) is 0.684. The number of aromatic nitrogens is 2. The Labute approximate surface area is 105 Å². The Morgan fingerprint density at radius 2 is 2.11 bits per heavy atom. The number of ether oxygens (including phenoxy) is 3. The van der Waals surface area contributed by atoms with Crippen molar-refractivity contribution in [3.63, 3.8) is 0 Å². The van der Waals surface area contributed by atoms with E-state index in [0.717, 1.165) is 10.9 Å². The molecule has 0 fully saturated rings. The summed E-state index contributed by atoms with van der Waals surface area (Å²) in [7, 11) is 3.17. The lowest BCUT2D eigenvalue weighted by Gasteiger charge is -2.09. The first-order chi connectivity index (χ1) is 8.74. The molecule has 0 saturated heterocycles. The fraction of sp³-hybridized carbons (Fsp3) is 0.333. The number of rotatable bonds is 5. The first kappa shape index (κ1) is 12.5. The van der Waals surface area contributed by atoms with Crippen molar-refractivity contribution in [2.24, 2.45) is 0 Å². The minimum Gasteiger partial charge on any atom is -0.494 e.